The molecule has 0 unspecified atom stereocenters. The van der Waals surface area contributed by atoms with Crippen LogP contribution in [0.2, 0.25) is 0 Å². The lowest BCUT2D eigenvalue weighted by molar-refractivity contribution is 0.0524. The summed E-state index contributed by atoms with van der Waals surface area (Å²) in [6.07, 6.45) is 1.29. The monoisotopic (exact) mass is 259 g/mol. The lowest BCUT2D eigenvalue weighted by atomic mass is 10.2. The third-order valence-corrected chi connectivity index (χ3v) is 2.11. The van der Waals surface area contributed by atoms with Gasteiger partial charge in [0, 0.05) is 5.33 Å². The van der Waals surface area contributed by atoms with Crippen molar-refractivity contribution in [1.29, 1.82) is 0 Å². The highest BCUT2D eigenvalue weighted by Crippen LogP contribution is 2.16. The molecule has 1 N–H and O–H groups in total. The Morgan fingerprint density at radius 1 is 1.71 bits per heavy atom. The van der Waals surface area contributed by atoms with Crippen molar-refractivity contribution in [3.63, 3.8) is 0 Å². The molecule has 0 saturated heterocycles. The third-order valence-electron chi connectivity index (χ3n) is 1.58. The molecule has 0 spiro atoms. The van der Waals surface area contributed by atoms with E-state index in [0.717, 1.165) is 0 Å². The van der Waals surface area contributed by atoms with Gasteiger partial charge in [-0.1, -0.05) is 15.9 Å². The number of nitrogens with zero attached hydrogens (tertiary/aromatic N) is 1. The Morgan fingerprint density at radius 2 is 2.43 bits per heavy atom. The number of hydrogen-bond donors (Lipinski definition) is 1. The van der Waals surface area contributed by atoms with E-state index in [1.807, 2.05) is 0 Å². The minimum Gasteiger partial charge on any atom is -0.506 e. The summed E-state index contributed by atoms with van der Waals surface area (Å²) >= 11 is 3.20. The van der Waals surface area contributed by atoms with Gasteiger partial charge in [0.05, 0.1) is 24.1 Å². The molecular weight excluding hydrogens is 250 g/mol. The number of aromatic nitrogens is 1. The minimum atomic E-state index is -0.467. The van der Waals surface area contributed by atoms with Crippen LogP contribution in [0.4, 0.5) is 0 Å². The zero-order chi connectivity index (χ0) is 10.6. The van der Waals surface area contributed by atoms with E-state index in [1.165, 1.54) is 12.3 Å². The fraction of sp³-hybridized carbons (Fsp3) is 0.333. The van der Waals surface area contributed by atoms with E-state index in [-0.39, 0.29) is 5.75 Å². The molecule has 0 fully saturated rings. The first-order valence-corrected chi connectivity index (χ1v) is 5.22. The van der Waals surface area contributed by atoms with Crippen LogP contribution in [-0.4, -0.2) is 22.7 Å². The van der Waals surface area contributed by atoms with Crippen LogP contribution in [0.25, 0.3) is 0 Å². The van der Waals surface area contributed by atoms with Crippen LogP contribution in [0.5, 0.6) is 5.75 Å². The molecule has 1 heterocycles. The smallest absolute Gasteiger partial charge is 0.340 e. The molecule has 0 aromatic carbocycles. The fourth-order valence-corrected chi connectivity index (χ4v) is 1.42. The van der Waals surface area contributed by atoms with Gasteiger partial charge < -0.3 is 9.84 Å². The first-order valence-electron chi connectivity index (χ1n) is 4.10. The summed E-state index contributed by atoms with van der Waals surface area (Å²) in [6.45, 7) is 2.03. The number of rotatable bonds is 3. The van der Waals surface area contributed by atoms with Crippen molar-refractivity contribution in [3.05, 3.63) is 23.5 Å². The topological polar surface area (TPSA) is 59.4 Å². The van der Waals surface area contributed by atoms with Crippen molar-refractivity contribution in [3.8, 4) is 5.75 Å². The molecule has 0 saturated carbocycles. The van der Waals surface area contributed by atoms with Crippen molar-refractivity contribution >= 4 is 21.9 Å². The number of pyridine rings is 1. The molecule has 76 valence electrons. The molecule has 1 aromatic heterocycles. The van der Waals surface area contributed by atoms with Crippen molar-refractivity contribution in [1.82, 2.24) is 4.98 Å². The molecule has 4 nitrogen and oxygen atoms in total. The second kappa shape index (κ2) is 4.95. The molecule has 0 bridgehead atoms. The Kier molecular flexibility index (Phi) is 3.88. The predicted octanol–water partition coefficient (Wildman–Crippen LogP) is 1.86. The number of alkyl halides is 1. The van der Waals surface area contributed by atoms with Gasteiger partial charge in [-0.25, -0.2) is 4.79 Å². The summed E-state index contributed by atoms with van der Waals surface area (Å²) in [7, 11) is 0. The summed E-state index contributed by atoms with van der Waals surface area (Å²) in [5.41, 5.74) is 0.852. The van der Waals surface area contributed by atoms with E-state index in [4.69, 9.17) is 9.84 Å². The number of esters is 1. The second-order valence-corrected chi connectivity index (χ2v) is 3.10. The Balaban J connectivity index is 3.03. The Morgan fingerprint density at radius 3 is 3.00 bits per heavy atom. The average molecular weight is 260 g/mol. The molecule has 0 amide bonds. The number of hydrogen-bond acceptors (Lipinski definition) is 4. The van der Waals surface area contributed by atoms with Gasteiger partial charge in [0.2, 0.25) is 0 Å². The minimum absolute atomic E-state index is 0.0437. The molecule has 0 atom stereocenters. The lowest BCUT2D eigenvalue weighted by Gasteiger charge is -2.05. The molecule has 0 radical (unpaired) electrons. The van der Waals surface area contributed by atoms with Crippen molar-refractivity contribution in [2.75, 3.05) is 6.61 Å². The van der Waals surface area contributed by atoms with Gasteiger partial charge in [0.15, 0.2) is 0 Å². The van der Waals surface area contributed by atoms with Crippen LogP contribution < -0.4 is 0 Å². The highest BCUT2D eigenvalue weighted by Gasteiger charge is 2.13. The van der Waals surface area contributed by atoms with Crippen LogP contribution in [0.3, 0.4) is 0 Å². The van der Waals surface area contributed by atoms with Gasteiger partial charge in [0.1, 0.15) is 5.75 Å². The standard InChI is InChI=1S/C9H10BrNO3/c1-2-14-9(13)7-3-6(12)5-11-8(7)4-10/h3,5,12H,2,4H2,1H3. The molecule has 14 heavy (non-hydrogen) atoms. The molecule has 0 aliphatic rings. The van der Waals surface area contributed by atoms with Gasteiger partial charge in [0.25, 0.3) is 0 Å². The predicted molar refractivity (Wildman–Crippen MR) is 54.5 cm³/mol. The quantitative estimate of drug-likeness (QED) is 0.665. The first-order chi connectivity index (χ1) is 6.69. The number of carbonyl (C=O) groups excluding carboxylic acids is 1. The van der Waals surface area contributed by atoms with Gasteiger partial charge in [-0.05, 0) is 13.0 Å². The Bertz CT molecular complexity index is 341. The second-order valence-electron chi connectivity index (χ2n) is 2.54. The maximum atomic E-state index is 11.4. The number of carbonyl (C=O) groups is 1. The van der Waals surface area contributed by atoms with Crippen molar-refractivity contribution in [2.24, 2.45) is 0 Å². The first kappa shape index (κ1) is 11.0. The maximum Gasteiger partial charge on any atom is 0.340 e. The van der Waals surface area contributed by atoms with Crippen LogP contribution in [0, 0.1) is 0 Å². The zero-order valence-electron chi connectivity index (χ0n) is 7.66. The van der Waals surface area contributed by atoms with Crippen LogP contribution in [0.1, 0.15) is 23.0 Å². The van der Waals surface area contributed by atoms with Crippen molar-refractivity contribution in [2.45, 2.75) is 12.3 Å². The van der Waals surface area contributed by atoms with Gasteiger partial charge in [-0.2, -0.15) is 0 Å². The summed E-state index contributed by atoms with van der Waals surface area (Å²) in [5, 5.41) is 9.61. The average Bonchev–Trinajstić information content (AvgIpc) is 2.18. The van der Waals surface area contributed by atoms with Crippen molar-refractivity contribution < 1.29 is 14.6 Å². The SMILES string of the molecule is CCOC(=O)c1cc(O)cnc1CBr. The van der Waals surface area contributed by atoms with E-state index in [9.17, 15) is 4.79 Å². The van der Waals surface area contributed by atoms with Crippen LogP contribution in [0.15, 0.2) is 12.3 Å². The van der Waals surface area contributed by atoms with Crippen LogP contribution in [-0.2, 0) is 10.1 Å². The van der Waals surface area contributed by atoms with E-state index in [1.54, 1.807) is 6.92 Å². The molecule has 0 aliphatic heterocycles. The highest BCUT2D eigenvalue weighted by atomic mass is 79.9. The summed E-state index contributed by atoms with van der Waals surface area (Å²) < 4.78 is 4.81. The van der Waals surface area contributed by atoms with Crippen LogP contribution >= 0.6 is 15.9 Å². The number of ether oxygens (including phenoxy) is 1. The summed E-state index contributed by atoms with van der Waals surface area (Å²) in [5.74, 6) is -0.511. The summed E-state index contributed by atoms with van der Waals surface area (Å²) in [6, 6.07) is 1.35. The molecule has 0 aliphatic carbocycles. The molecule has 1 rings (SSSR count). The number of aromatic hydroxyl groups is 1. The van der Waals surface area contributed by atoms with E-state index in [0.29, 0.717) is 23.2 Å². The maximum absolute atomic E-state index is 11.4. The third kappa shape index (κ3) is 2.45. The summed E-state index contributed by atoms with van der Waals surface area (Å²) in [4.78, 5) is 15.3. The van der Waals surface area contributed by atoms with E-state index < -0.39 is 5.97 Å². The zero-order valence-corrected chi connectivity index (χ0v) is 9.24. The van der Waals surface area contributed by atoms with E-state index in [2.05, 4.69) is 20.9 Å². The van der Waals surface area contributed by atoms with Gasteiger partial charge >= 0.3 is 5.97 Å². The Labute approximate surface area is 90.0 Å². The van der Waals surface area contributed by atoms with Gasteiger partial charge in [-0.15, -0.1) is 0 Å². The lowest BCUT2D eigenvalue weighted by Crippen LogP contribution is -2.08. The number of halogens is 1. The molecule has 1 aromatic rings. The van der Waals surface area contributed by atoms with Gasteiger partial charge in [-0.3, -0.25) is 4.98 Å². The highest BCUT2D eigenvalue weighted by molar-refractivity contribution is 9.08. The largest absolute Gasteiger partial charge is 0.506 e. The fourth-order valence-electron chi connectivity index (χ4n) is 0.974. The normalized spacial score (nSPS) is 9.86. The molecule has 5 heteroatoms. The molecular formula is C9H10BrNO3. The Hall–Kier alpha value is -1.10. The van der Waals surface area contributed by atoms with E-state index >= 15 is 0 Å².